The first-order valence-electron chi connectivity index (χ1n) is 5.68. The van der Waals surface area contributed by atoms with E-state index in [2.05, 4.69) is 4.74 Å². The molecule has 1 aliphatic heterocycles. The molecule has 0 spiro atoms. The number of benzene rings is 1. The van der Waals surface area contributed by atoms with Crippen LogP contribution in [0.2, 0.25) is 0 Å². The summed E-state index contributed by atoms with van der Waals surface area (Å²) in [5.41, 5.74) is 0.418. The van der Waals surface area contributed by atoms with Crippen molar-refractivity contribution in [1.29, 1.82) is 0 Å². The highest BCUT2D eigenvalue weighted by molar-refractivity contribution is 5.89. The molecule has 1 unspecified atom stereocenters. The van der Waals surface area contributed by atoms with Gasteiger partial charge in [0.1, 0.15) is 5.75 Å². The Balaban J connectivity index is 1.97. The lowest BCUT2D eigenvalue weighted by Gasteiger charge is -2.08. The van der Waals surface area contributed by atoms with Gasteiger partial charge in [-0.3, -0.25) is 4.79 Å². The Hall–Kier alpha value is -1.88. The highest BCUT2D eigenvalue weighted by Gasteiger charge is 2.25. The van der Waals surface area contributed by atoms with Crippen molar-refractivity contribution in [2.45, 2.75) is 6.42 Å². The molecule has 0 aromatic heterocycles. The van der Waals surface area contributed by atoms with Crippen molar-refractivity contribution in [2.75, 3.05) is 20.3 Å². The van der Waals surface area contributed by atoms with E-state index in [1.165, 1.54) is 7.11 Å². The molecule has 0 radical (unpaired) electrons. The summed E-state index contributed by atoms with van der Waals surface area (Å²) in [6.07, 6.45) is 0.694. The summed E-state index contributed by atoms with van der Waals surface area (Å²) in [7, 11) is 1.32. The summed E-state index contributed by atoms with van der Waals surface area (Å²) in [5, 5.41) is 0. The van der Waals surface area contributed by atoms with Gasteiger partial charge in [-0.1, -0.05) is 0 Å². The number of esters is 2. The van der Waals surface area contributed by atoms with Crippen LogP contribution in [0.1, 0.15) is 16.8 Å². The van der Waals surface area contributed by atoms with Gasteiger partial charge in [0.2, 0.25) is 0 Å². The fourth-order valence-electron chi connectivity index (χ4n) is 1.70. The number of methoxy groups -OCH3 is 1. The summed E-state index contributed by atoms with van der Waals surface area (Å²) in [6, 6.07) is 6.25. The van der Waals surface area contributed by atoms with Crippen molar-refractivity contribution in [1.82, 2.24) is 0 Å². The second-order valence-corrected chi connectivity index (χ2v) is 4.00. The minimum Gasteiger partial charge on any atom is -0.465 e. The van der Waals surface area contributed by atoms with Crippen molar-refractivity contribution in [3.8, 4) is 5.75 Å². The van der Waals surface area contributed by atoms with Gasteiger partial charge in [-0.25, -0.2) is 4.79 Å². The Morgan fingerprint density at radius 3 is 2.56 bits per heavy atom. The molecule has 0 bridgehead atoms. The molecule has 1 aromatic carbocycles. The fourth-order valence-corrected chi connectivity index (χ4v) is 1.70. The smallest absolute Gasteiger partial charge is 0.337 e. The van der Waals surface area contributed by atoms with E-state index < -0.39 is 5.97 Å². The average molecular weight is 250 g/mol. The van der Waals surface area contributed by atoms with Crippen LogP contribution in [0.25, 0.3) is 0 Å². The summed E-state index contributed by atoms with van der Waals surface area (Å²) in [5.74, 6) is -0.486. The van der Waals surface area contributed by atoms with E-state index in [-0.39, 0.29) is 11.9 Å². The van der Waals surface area contributed by atoms with E-state index in [9.17, 15) is 9.59 Å². The van der Waals surface area contributed by atoms with Gasteiger partial charge in [-0.15, -0.1) is 0 Å². The molecule has 1 aliphatic rings. The summed E-state index contributed by atoms with van der Waals surface area (Å²) < 4.78 is 14.9. The zero-order valence-corrected chi connectivity index (χ0v) is 10.0. The lowest BCUT2D eigenvalue weighted by atomic mass is 10.1. The van der Waals surface area contributed by atoms with E-state index >= 15 is 0 Å². The number of hydrogen-bond acceptors (Lipinski definition) is 5. The van der Waals surface area contributed by atoms with Crippen molar-refractivity contribution in [3.05, 3.63) is 29.8 Å². The molecule has 96 valence electrons. The standard InChI is InChI=1S/C13H14O5/c1-16-12(14)9-2-4-11(5-3-9)18-13(15)10-6-7-17-8-10/h2-5,10H,6-8H2,1H3. The SMILES string of the molecule is COC(=O)c1ccc(OC(=O)C2CCOC2)cc1. The van der Waals surface area contributed by atoms with Crippen LogP contribution >= 0.6 is 0 Å². The molecule has 1 fully saturated rings. The molecule has 18 heavy (non-hydrogen) atoms. The van der Waals surface area contributed by atoms with Gasteiger partial charge in [0.15, 0.2) is 0 Å². The van der Waals surface area contributed by atoms with Crippen LogP contribution in [0.15, 0.2) is 24.3 Å². The molecule has 2 rings (SSSR count). The van der Waals surface area contributed by atoms with Crippen molar-refractivity contribution in [3.63, 3.8) is 0 Å². The first kappa shape index (κ1) is 12.6. The normalized spacial score (nSPS) is 18.4. The highest BCUT2D eigenvalue weighted by atomic mass is 16.5. The molecule has 5 nitrogen and oxygen atoms in total. The quantitative estimate of drug-likeness (QED) is 0.599. The van der Waals surface area contributed by atoms with Crippen LogP contribution in [0.5, 0.6) is 5.75 Å². The van der Waals surface area contributed by atoms with Gasteiger partial charge in [0.05, 0.1) is 25.2 Å². The van der Waals surface area contributed by atoms with E-state index in [0.29, 0.717) is 30.9 Å². The molecule has 1 aromatic rings. The number of ether oxygens (including phenoxy) is 3. The summed E-state index contributed by atoms with van der Waals surface area (Å²) >= 11 is 0. The largest absolute Gasteiger partial charge is 0.465 e. The predicted octanol–water partition coefficient (Wildman–Crippen LogP) is 1.42. The Morgan fingerprint density at radius 2 is 2.00 bits per heavy atom. The first-order chi connectivity index (χ1) is 8.70. The molecule has 0 N–H and O–H groups in total. The number of carbonyl (C=O) groups excluding carboxylic acids is 2. The predicted molar refractivity (Wildman–Crippen MR) is 62.3 cm³/mol. The van der Waals surface area contributed by atoms with Crippen LogP contribution in [0.3, 0.4) is 0 Å². The van der Waals surface area contributed by atoms with Crippen molar-refractivity contribution < 1.29 is 23.8 Å². The Kier molecular flexibility index (Phi) is 3.94. The van der Waals surface area contributed by atoms with Crippen LogP contribution in [0, 0.1) is 5.92 Å². The van der Waals surface area contributed by atoms with Crippen molar-refractivity contribution in [2.24, 2.45) is 5.92 Å². The zero-order valence-electron chi connectivity index (χ0n) is 10.0. The summed E-state index contributed by atoms with van der Waals surface area (Å²) in [6.45, 7) is 1.01. The maximum Gasteiger partial charge on any atom is 0.337 e. The zero-order chi connectivity index (χ0) is 13.0. The third-order valence-electron chi connectivity index (χ3n) is 2.76. The number of hydrogen-bond donors (Lipinski definition) is 0. The van der Waals surface area contributed by atoms with Gasteiger partial charge < -0.3 is 14.2 Å². The van der Waals surface area contributed by atoms with E-state index in [1.807, 2.05) is 0 Å². The second-order valence-electron chi connectivity index (χ2n) is 4.00. The molecular weight excluding hydrogens is 236 g/mol. The van der Waals surface area contributed by atoms with E-state index in [4.69, 9.17) is 9.47 Å². The lowest BCUT2D eigenvalue weighted by Crippen LogP contribution is -2.20. The second kappa shape index (κ2) is 5.64. The molecule has 1 atom stereocenters. The van der Waals surface area contributed by atoms with Gasteiger partial charge in [-0.05, 0) is 30.7 Å². The molecule has 0 amide bonds. The summed E-state index contributed by atoms with van der Waals surface area (Å²) in [4.78, 5) is 22.9. The Bertz CT molecular complexity index is 431. The molecule has 5 heteroatoms. The minimum atomic E-state index is -0.419. The minimum absolute atomic E-state index is 0.190. The third kappa shape index (κ3) is 2.87. The Morgan fingerprint density at radius 1 is 1.28 bits per heavy atom. The van der Waals surface area contributed by atoms with Gasteiger partial charge in [-0.2, -0.15) is 0 Å². The molecular formula is C13H14O5. The van der Waals surface area contributed by atoms with Gasteiger partial charge in [0, 0.05) is 6.61 Å². The maximum absolute atomic E-state index is 11.7. The number of rotatable bonds is 3. The molecule has 0 saturated carbocycles. The lowest BCUT2D eigenvalue weighted by molar-refractivity contribution is -0.138. The maximum atomic E-state index is 11.7. The molecule has 1 heterocycles. The number of carbonyl (C=O) groups is 2. The van der Waals surface area contributed by atoms with Crippen molar-refractivity contribution >= 4 is 11.9 Å². The van der Waals surface area contributed by atoms with E-state index in [1.54, 1.807) is 24.3 Å². The fraction of sp³-hybridized carbons (Fsp3) is 0.385. The first-order valence-corrected chi connectivity index (χ1v) is 5.68. The Labute approximate surface area is 105 Å². The van der Waals surface area contributed by atoms with E-state index in [0.717, 1.165) is 0 Å². The monoisotopic (exact) mass is 250 g/mol. The van der Waals surface area contributed by atoms with Crippen LogP contribution in [-0.4, -0.2) is 32.3 Å². The van der Waals surface area contributed by atoms with Gasteiger partial charge >= 0.3 is 11.9 Å². The van der Waals surface area contributed by atoms with Crippen LogP contribution in [-0.2, 0) is 14.3 Å². The average Bonchev–Trinajstić information content (AvgIpc) is 2.92. The highest BCUT2D eigenvalue weighted by Crippen LogP contribution is 2.18. The van der Waals surface area contributed by atoms with Gasteiger partial charge in [0.25, 0.3) is 0 Å². The van der Waals surface area contributed by atoms with Crippen LogP contribution in [0.4, 0.5) is 0 Å². The molecule has 1 saturated heterocycles. The third-order valence-corrected chi connectivity index (χ3v) is 2.76. The topological polar surface area (TPSA) is 61.8 Å². The molecule has 0 aliphatic carbocycles. The van der Waals surface area contributed by atoms with Crippen LogP contribution < -0.4 is 4.74 Å².